The Hall–Kier alpha value is -3.19. The lowest BCUT2D eigenvalue weighted by Crippen LogP contribution is -2.49. The van der Waals surface area contributed by atoms with Crippen LogP contribution in [0.1, 0.15) is 29.9 Å². The van der Waals surface area contributed by atoms with Crippen LogP contribution in [0.25, 0.3) is 0 Å². The summed E-state index contributed by atoms with van der Waals surface area (Å²) in [6.07, 6.45) is 0. The van der Waals surface area contributed by atoms with Gasteiger partial charge in [-0.15, -0.1) is 11.3 Å². The minimum Gasteiger partial charge on any atom is -0.334 e. The number of carbonyl (C=O) groups is 2. The molecule has 0 aliphatic rings. The average Bonchev–Trinajstić information content (AvgIpc) is 3.30. The Morgan fingerprint density at radius 1 is 0.938 bits per heavy atom. The standard InChI is InChI=1S/C25H28FN3O2S/c1-19(2)29(25(31)27-15-20-7-4-3-5-8-20)18-24(30)28(17-23-9-6-14-32-23)16-21-10-12-22(26)13-11-21/h3-14,19H,15-18H2,1-2H3,(H,27,31). The second kappa shape index (κ2) is 11.4. The van der Waals surface area contributed by atoms with Gasteiger partial charge >= 0.3 is 6.03 Å². The Labute approximate surface area is 192 Å². The Morgan fingerprint density at radius 2 is 1.66 bits per heavy atom. The van der Waals surface area contributed by atoms with Gasteiger partial charge in [0, 0.05) is 24.0 Å². The zero-order valence-electron chi connectivity index (χ0n) is 18.3. The lowest BCUT2D eigenvalue weighted by atomic mass is 10.2. The Morgan fingerprint density at radius 3 is 2.28 bits per heavy atom. The molecule has 0 aliphatic heterocycles. The van der Waals surface area contributed by atoms with Crippen molar-refractivity contribution >= 4 is 23.3 Å². The van der Waals surface area contributed by atoms with Crippen LogP contribution in [-0.4, -0.2) is 34.3 Å². The molecule has 0 bridgehead atoms. The van der Waals surface area contributed by atoms with Crippen LogP contribution in [0.2, 0.25) is 0 Å². The number of nitrogens with one attached hydrogen (secondary N) is 1. The van der Waals surface area contributed by atoms with Gasteiger partial charge in [0.05, 0.1) is 6.54 Å². The van der Waals surface area contributed by atoms with Crippen molar-refractivity contribution in [3.8, 4) is 0 Å². The molecule has 1 aromatic heterocycles. The molecular formula is C25H28FN3O2S. The molecule has 168 valence electrons. The van der Waals surface area contributed by atoms with Crippen molar-refractivity contribution in [1.82, 2.24) is 15.1 Å². The van der Waals surface area contributed by atoms with E-state index in [1.807, 2.05) is 61.7 Å². The predicted molar refractivity (Wildman–Crippen MR) is 125 cm³/mol. The van der Waals surface area contributed by atoms with Gasteiger partial charge in [-0.25, -0.2) is 9.18 Å². The molecule has 0 unspecified atom stereocenters. The van der Waals surface area contributed by atoms with Gasteiger partial charge in [0.25, 0.3) is 0 Å². The number of hydrogen-bond donors (Lipinski definition) is 1. The topological polar surface area (TPSA) is 52.7 Å². The van der Waals surface area contributed by atoms with E-state index in [0.29, 0.717) is 19.6 Å². The molecule has 3 aromatic rings. The maximum Gasteiger partial charge on any atom is 0.318 e. The number of rotatable bonds is 9. The molecule has 3 rings (SSSR count). The molecule has 5 nitrogen and oxygen atoms in total. The molecule has 0 saturated heterocycles. The largest absolute Gasteiger partial charge is 0.334 e. The summed E-state index contributed by atoms with van der Waals surface area (Å²) in [5, 5.41) is 4.87. The summed E-state index contributed by atoms with van der Waals surface area (Å²) in [5.74, 6) is -0.475. The van der Waals surface area contributed by atoms with E-state index in [2.05, 4.69) is 5.32 Å². The van der Waals surface area contributed by atoms with E-state index in [0.717, 1.165) is 16.0 Å². The zero-order valence-corrected chi connectivity index (χ0v) is 19.1. The van der Waals surface area contributed by atoms with Crippen LogP contribution in [0.4, 0.5) is 9.18 Å². The molecule has 0 radical (unpaired) electrons. The monoisotopic (exact) mass is 453 g/mol. The van der Waals surface area contributed by atoms with Crippen LogP contribution in [0.15, 0.2) is 72.1 Å². The second-order valence-corrected chi connectivity index (χ2v) is 8.85. The molecule has 32 heavy (non-hydrogen) atoms. The second-order valence-electron chi connectivity index (χ2n) is 7.82. The highest BCUT2D eigenvalue weighted by molar-refractivity contribution is 7.09. The van der Waals surface area contributed by atoms with E-state index in [1.54, 1.807) is 28.4 Å². The number of carbonyl (C=O) groups excluding carboxylic acids is 2. The molecule has 7 heteroatoms. The molecule has 1 N–H and O–H groups in total. The van der Waals surface area contributed by atoms with Crippen molar-refractivity contribution in [2.24, 2.45) is 0 Å². The molecule has 0 spiro atoms. The van der Waals surface area contributed by atoms with E-state index in [4.69, 9.17) is 0 Å². The highest BCUT2D eigenvalue weighted by Crippen LogP contribution is 2.16. The lowest BCUT2D eigenvalue weighted by Gasteiger charge is -2.30. The number of urea groups is 1. The fourth-order valence-electron chi connectivity index (χ4n) is 3.24. The summed E-state index contributed by atoms with van der Waals surface area (Å²) in [7, 11) is 0. The fourth-order valence-corrected chi connectivity index (χ4v) is 3.96. The van der Waals surface area contributed by atoms with Gasteiger partial charge < -0.3 is 15.1 Å². The number of amides is 3. The number of hydrogen-bond acceptors (Lipinski definition) is 3. The van der Waals surface area contributed by atoms with E-state index < -0.39 is 0 Å². The van der Waals surface area contributed by atoms with Gasteiger partial charge in [0.1, 0.15) is 12.4 Å². The van der Waals surface area contributed by atoms with Gasteiger partial charge in [-0.05, 0) is 48.6 Å². The lowest BCUT2D eigenvalue weighted by molar-refractivity contribution is -0.133. The van der Waals surface area contributed by atoms with Gasteiger partial charge in [-0.1, -0.05) is 48.5 Å². The first-order valence-corrected chi connectivity index (χ1v) is 11.4. The Balaban J connectivity index is 1.69. The highest BCUT2D eigenvalue weighted by Gasteiger charge is 2.24. The molecule has 1 heterocycles. The normalized spacial score (nSPS) is 10.8. The maximum atomic E-state index is 13.3. The van der Waals surface area contributed by atoms with Crippen molar-refractivity contribution in [2.75, 3.05) is 6.54 Å². The third-order valence-electron chi connectivity index (χ3n) is 5.04. The van der Waals surface area contributed by atoms with Crippen LogP contribution in [0.3, 0.4) is 0 Å². The van der Waals surface area contributed by atoms with Gasteiger partial charge in [-0.2, -0.15) is 0 Å². The number of benzene rings is 2. The molecule has 3 amide bonds. The number of thiophene rings is 1. The number of halogens is 1. The minimum absolute atomic E-state index is 0.0368. The van der Waals surface area contributed by atoms with Crippen LogP contribution in [0, 0.1) is 5.82 Å². The average molecular weight is 454 g/mol. The molecule has 0 saturated carbocycles. The SMILES string of the molecule is CC(C)N(CC(=O)N(Cc1ccc(F)cc1)Cc1cccs1)C(=O)NCc1ccccc1. The minimum atomic E-state index is -0.314. The summed E-state index contributed by atoms with van der Waals surface area (Å²) >= 11 is 1.57. The Kier molecular flexibility index (Phi) is 8.39. The molecule has 0 fully saturated rings. The van der Waals surface area contributed by atoms with Crippen molar-refractivity contribution in [3.05, 3.63) is 93.9 Å². The van der Waals surface area contributed by atoms with Crippen molar-refractivity contribution < 1.29 is 14.0 Å². The molecular weight excluding hydrogens is 425 g/mol. The van der Waals surface area contributed by atoms with Crippen LogP contribution < -0.4 is 5.32 Å². The van der Waals surface area contributed by atoms with E-state index in [9.17, 15) is 14.0 Å². The molecule has 0 aliphatic carbocycles. The van der Waals surface area contributed by atoms with E-state index in [1.165, 1.54) is 17.0 Å². The first kappa shape index (κ1) is 23.5. The fraction of sp³-hybridized carbons (Fsp3) is 0.280. The summed E-state index contributed by atoms with van der Waals surface area (Å²) in [6, 6.07) is 19.3. The van der Waals surface area contributed by atoms with Gasteiger partial charge in [-0.3, -0.25) is 4.79 Å². The highest BCUT2D eigenvalue weighted by atomic mass is 32.1. The number of nitrogens with zero attached hydrogens (tertiary/aromatic N) is 2. The zero-order chi connectivity index (χ0) is 22.9. The van der Waals surface area contributed by atoms with Crippen LogP contribution in [0.5, 0.6) is 0 Å². The third-order valence-corrected chi connectivity index (χ3v) is 5.90. The molecule has 2 aromatic carbocycles. The smallest absolute Gasteiger partial charge is 0.318 e. The first-order valence-electron chi connectivity index (χ1n) is 10.6. The maximum absolute atomic E-state index is 13.3. The van der Waals surface area contributed by atoms with E-state index >= 15 is 0 Å². The van der Waals surface area contributed by atoms with Crippen LogP contribution >= 0.6 is 11.3 Å². The van der Waals surface area contributed by atoms with Crippen molar-refractivity contribution in [3.63, 3.8) is 0 Å². The van der Waals surface area contributed by atoms with Crippen molar-refractivity contribution in [2.45, 2.75) is 39.5 Å². The molecule has 0 atom stereocenters. The third kappa shape index (κ3) is 6.92. The summed E-state index contributed by atoms with van der Waals surface area (Å²) < 4.78 is 13.3. The van der Waals surface area contributed by atoms with E-state index in [-0.39, 0.29) is 30.3 Å². The van der Waals surface area contributed by atoms with Gasteiger partial charge in [0.15, 0.2) is 0 Å². The van der Waals surface area contributed by atoms with Gasteiger partial charge in [0.2, 0.25) is 5.91 Å². The summed E-state index contributed by atoms with van der Waals surface area (Å²) in [4.78, 5) is 30.4. The van der Waals surface area contributed by atoms with Crippen LogP contribution in [-0.2, 0) is 24.4 Å². The quantitative estimate of drug-likeness (QED) is 0.494. The summed E-state index contributed by atoms with van der Waals surface area (Å²) in [5.41, 5.74) is 1.83. The Bertz CT molecular complexity index is 992. The van der Waals surface area contributed by atoms with Crippen molar-refractivity contribution in [1.29, 1.82) is 0 Å². The predicted octanol–water partition coefficient (Wildman–Crippen LogP) is 5.04. The summed E-state index contributed by atoms with van der Waals surface area (Å²) in [6.45, 7) is 4.91. The first-order chi connectivity index (χ1) is 15.4.